The van der Waals surface area contributed by atoms with Crippen molar-refractivity contribution in [2.24, 2.45) is 0 Å². The van der Waals surface area contributed by atoms with Crippen LogP contribution in [0.1, 0.15) is 39.8 Å². The minimum atomic E-state index is -0.269. The van der Waals surface area contributed by atoms with Crippen molar-refractivity contribution >= 4 is 5.91 Å². The molecule has 5 nitrogen and oxygen atoms in total. The summed E-state index contributed by atoms with van der Waals surface area (Å²) in [6.07, 6.45) is 6.38. The van der Waals surface area contributed by atoms with Crippen LogP contribution in [-0.4, -0.2) is 21.7 Å². The summed E-state index contributed by atoms with van der Waals surface area (Å²) < 4.78 is 20.2. The number of nitrogens with zero attached hydrogens (tertiary/aromatic N) is 2. The van der Waals surface area contributed by atoms with Crippen molar-refractivity contribution in [2.75, 3.05) is 0 Å². The van der Waals surface area contributed by atoms with Gasteiger partial charge in [0.25, 0.3) is 5.91 Å². The lowest BCUT2D eigenvalue weighted by Crippen LogP contribution is -2.32. The number of benzene rings is 1. The Bertz CT molecular complexity index is 987. The van der Waals surface area contributed by atoms with Gasteiger partial charge in [0.1, 0.15) is 5.82 Å². The standard InChI is InChI=1S/C21H20FN3O2/c1-13-20(14(2)25(24-13)18-9-6-16(22)7-10-18)15-5-8-17(12-15)23-21(26)19-4-3-11-27-19/h3-11,15,17H,12H2,1-2H3,(H,23,26). The quantitative estimate of drug-likeness (QED) is 0.709. The topological polar surface area (TPSA) is 60.1 Å². The molecule has 1 aliphatic rings. The molecule has 27 heavy (non-hydrogen) atoms. The first-order chi connectivity index (χ1) is 13.0. The van der Waals surface area contributed by atoms with Gasteiger partial charge in [-0.05, 0) is 56.7 Å². The molecule has 1 N–H and O–H groups in total. The van der Waals surface area contributed by atoms with Crippen LogP contribution in [-0.2, 0) is 0 Å². The molecule has 6 heteroatoms. The molecule has 0 bridgehead atoms. The molecule has 2 atom stereocenters. The van der Waals surface area contributed by atoms with Gasteiger partial charge in [-0.2, -0.15) is 5.10 Å². The van der Waals surface area contributed by atoms with Crippen LogP contribution in [0.15, 0.2) is 59.2 Å². The van der Waals surface area contributed by atoms with Crippen molar-refractivity contribution in [1.29, 1.82) is 0 Å². The highest BCUT2D eigenvalue weighted by molar-refractivity contribution is 5.91. The lowest BCUT2D eigenvalue weighted by Gasteiger charge is -2.14. The van der Waals surface area contributed by atoms with Gasteiger partial charge in [-0.15, -0.1) is 0 Å². The first-order valence-corrected chi connectivity index (χ1v) is 8.87. The summed E-state index contributed by atoms with van der Waals surface area (Å²) in [4.78, 5) is 12.2. The molecule has 138 valence electrons. The number of amides is 1. The first kappa shape index (κ1) is 17.3. The van der Waals surface area contributed by atoms with Gasteiger partial charge in [-0.25, -0.2) is 9.07 Å². The summed E-state index contributed by atoms with van der Waals surface area (Å²) in [5.41, 5.74) is 3.93. The number of carbonyl (C=O) groups is 1. The van der Waals surface area contributed by atoms with Gasteiger partial charge in [0.2, 0.25) is 0 Å². The van der Waals surface area contributed by atoms with Crippen molar-refractivity contribution in [3.8, 4) is 5.69 Å². The van der Waals surface area contributed by atoms with E-state index >= 15 is 0 Å². The molecule has 1 aliphatic carbocycles. The molecule has 0 saturated heterocycles. The van der Waals surface area contributed by atoms with Gasteiger partial charge in [0.15, 0.2) is 5.76 Å². The second-order valence-corrected chi connectivity index (χ2v) is 6.76. The van der Waals surface area contributed by atoms with Crippen LogP contribution < -0.4 is 5.32 Å². The molecule has 3 aromatic rings. The first-order valence-electron chi connectivity index (χ1n) is 8.87. The van der Waals surface area contributed by atoms with Gasteiger partial charge >= 0.3 is 0 Å². The van der Waals surface area contributed by atoms with Crippen LogP contribution >= 0.6 is 0 Å². The third-order valence-electron chi connectivity index (χ3n) is 4.93. The predicted molar refractivity (Wildman–Crippen MR) is 99.5 cm³/mol. The number of halogens is 1. The van der Waals surface area contributed by atoms with E-state index in [0.29, 0.717) is 5.76 Å². The van der Waals surface area contributed by atoms with Crippen LogP contribution in [0, 0.1) is 19.7 Å². The van der Waals surface area contributed by atoms with Crippen molar-refractivity contribution in [2.45, 2.75) is 32.2 Å². The number of aromatic nitrogens is 2. The Labute approximate surface area is 156 Å². The second kappa shape index (κ2) is 6.87. The molecule has 0 fully saturated rings. The Balaban J connectivity index is 1.52. The third-order valence-corrected chi connectivity index (χ3v) is 4.93. The van der Waals surface area contributed by atoms with Crippen molar-refractivity contribution < 1.29 is 13.6 Å². The van der Waals surface area contributed by atoms with Crippen molar-refractivity contribution in [3.63, 3.8) is 0 Å². The van der Waals surface area contributed by atoms with Crippen LogP contribution in [0.2, 0.25) is 0 Å². The van der Waals surface area contributed by atoms with E-state index in [0.717, 1.165) is 29.1 Å². The Morgan fingerprint density at radius 2 is 2.00 bits per heavy atom. The minimum absolute atomic E-state index is 0.0550. The normalized spacial score (nSPS) is 18.8. The Morgan fingerprint density at radius 1 is 1.22 bits per heavy atom. The fourth-order valence-electron chi connectivity index (χ4n) is 3.69. The highest BCUT2D eigenvalue weighted by atomic mass is 19.1. The highest BCUT2D eigenvalue weighted by Crippen LogP contribution is 2.34. The Kier molecular flexibility index (Phi) is 4.39. The van der Waals surface area contributed by atoms with Crippen molar-refractivity contribution in [3.05, 3.63) is 83.3 Å². The van der Waals surface area contributed by atoms with Gasteiger partial charge in [-0.1, -0.05) is 12.2 Å². The third kappa shape index (κ3) is 3.30. The molecule has 2 heterocycles. The molecule has 1 aromatic carbocycles. The van der Waals surface area contributed by atoms with Gasteiger partial charge in [0, 0.05) is 23.2 Å². The molecule has 2 aromatic heterocycles. The Hall–Kier alpha value is -3.15. The van der Waals surface area contributed by atoms with Crippen LogP contribution in [0.3, 0.4) is 0 Å². The number of rotatable bonds is 4. The lowest BCUT2D eigenvalue weighted by molar-refractivity contribution is 0.0916. The number of aryl methyl sites for hydroxylation is 1. The van der Waals surface area contributed by atoms with Gasteiger partial charge in [0.05, 0.1) is 17.6 Å². The minimum Gasteiger partial charge on any atom is -0.459 e. The summed E-state index contributed by atoms with van der Waals surface area (Å²) in [6, 6.07) is 9.58. The van der Waals surface area contributed by atoms with E-state index in [-0.39, 0.29) is 23.7 Å². The van der Waals surface area contributed by atoms with E-state index in [2.05, 4.69) is 16.5 Å². The number of hydrogen-bond acceptors (Lipinski definition) is 3. The fraction of sp³-hybridized carbons (Fsp3) is 0.238. The average Bonchev–Trinajstić information content (AvgIpc) is 3.37. The maximum absolute atomic E-state index is 13.2. The van der Waals surface area contributed by atoms with Crippen LogP contribution in [0.25, 0.3) is 5.69 Å². The van der Waals surface area contributed by atoms with E-state index in [1.165, 1.54) is 18.4 Å². The van der Waals surface area contributed by atoms with Crippen LogP contribution in [0.5, 0.6) is 0 Å². The maximum atomic E-state index is 13.2. The number of hydrogen-bond donors (Lipinski definition) is 1. The monoisotopic (exact) mass is 365 g/mol. The molecule has 2 unspecified atom stereocenters. The number of carbonyl (C=O) groups excluding carboxylic acids is 1. The van der Waals surface area contributed by atoms with E-state index in [9.17, 15) is 9.18 Å². The molecular weight excluding hydrogens is 345 g/mol. The SMILES string of the molecule is Cc1nn(-c2ccc(F)cc2)c(C)c1C1C=CC(NC(=O)c2ccco2)C1. The second-order valence-electron chi connectivity index (χ2n) is 6.76. The zero-order valence-electron chi connectivity index (χ0n) is 15.1. The zero-order valence-corrected chi connectivity index (χ0v) is 15.1. The van der Waals surface area contributed by atoms with Gasteiger partial charge in [-0.3, -0.25) is 4.79 Å². The summed E-state index contributed by atoms with van der Waals surface area (Å²) in [5, 5.41) is 7.62. The molecule has 4 rings (SSSR count). The highest BCUT2D eigenvalue weighted by Gasteiger charge is 2.27. The lowest BCUT2D eigenvalue weighted by atomic mass is 9.96. The predicted octanol–water partition coefficient (Wildman–Crippen LogP) is 4.06. The van der Waals surface area contributed by atoms with Gasteiger partial charge < -0.3 is 9.73 Å². The molecule has 0 radical (unpaired) electrons. The largest absolute Gasteiger partial charge is 0.459 e. The molecule has 0 saturated carbocycles. The summed E-state index contributed by atoms with van der Waals surface area (Å²) in [5.74, 6) is -0.00966. The fourth-order valence-corrected chi connectivity index (χ4v) is 3.69. The Morgan fingerprint density at radius 3 is 2.70 bits per heavy atom. The number of nitrogens with one attached hydrogen (secondary N) is 1. The number of allylic oxidation sites excluding steroid dienone is 1. The molecular formula is C21H20FN3O2. The van der Waals surface area contributed by atoms with E-state index in [4.69, 9.17) is 4.42 Å². The average molecular weight is 365 g/mol. The van der Waals surface area contributed by atoms with Crippen LogP contribution in [0.4, 0.5) is 4.39 Å². The maximum Gasteiger partial charge on any atom is 0.287 e. The molecule has 1 amide bonds. The summed E-state index contributed by atoms with van der Waals surface area (Å²) >= 11 is 0. The van der Waals surface area contributed by atoms with E-state index in [1.807, 2.05) is 24.6 Å². The summed E-state index contributed by atoms with van der Waals surface area (Å²) in [7, 11) is 0. The number of furan rings is 1. The molecule has 0 aliphatic heterocycles. The smallest absolute Gasteiger partial charge is 0.287 e. The zero-order chi connectivity index (χ0) is 19.0. The molecule has 0 spiro atoms. The van der Waals surface area contributed by atoms with Crippen molar-refractivity contribution in [1.82, 2.24) is 15.1 Å². The summed E-state index contributed by atoms with van der Waals surface area (Å²) in [6.45, 7) is 3.99. The van der Waals surface area contributed by atoms with E-state index < -0.39 is 0 Å². The van der Waals surface area contributed by atoms with E-state index in [1.54, 1.807) is 24.3 Å².